The lowest BCUT2D eigenvalue weighted by atomic mass is 10.1. The van der Waals surface area contributed by atoms with Gasteiger partial charge in [-0.05, 0) is 74.7 Å². The molecule has 2 heterocycles. The van der Waals surface area contributed by atoms with Crippen LogP contribution in [0.3, 0.4) is 0 Å². The Bertz CT molecular complexity index is 1600. The first-order valence-electron chi connectivity index (χ1n) is 12.4. The van der Waals surface area contributed by atoms with Gasteiger partial charge in [0.1, 0.15) is 5.82 Å². The van der Waals surface area contributed by atoms with E-state index in [4.69, 9.17) is 0 Å². The molecule has 1 unspecified atom stereocenters. The Morgan fingerprint density at radius 1 is 1.11 bits per heavy atom. The number of aromatic nitrogens is 1. The molecular formula is C28H27FN4O3S2. The average molecular weight is 551 g/mol. The van der Waals surface area contributed by atoms with E-state index in [1.807, 2.05) is 38.1 Å². The predicted octanol–water partition coefficient (Wildman–Crippen LogP) is 5.99. The molecule has 0 radical (unpaired) electrons. The number of amides is 1. The number of piperidine rings is 1. The van der Waals surface area contributed by atoms with Crippen molar-refractivity contribution in [3.05, 3.63) is 89.2 Å². The lowest BCUT2D eigenvalue weighted by Crippen LogP contribution is -2.41. The number of hydrazone groups is 1. The molecule has 1 aliphatic rings. The molecule has 1 saturated heterocycles. The largest absolute Gasteiger partial charge is 0.280 e. The van der Waals surface area contributed by atoms with Crippen LogP contribution in [0.2, 0.25) is 0 Å². The number of sulfonamides is 1. The monoisotopic (exact) mass is 550 g/mol. The molecule has 1 aliphatic heterocycles. The van der Waals surface area contributed by atoms with Crippen LogP contribution < -0.4 is 5.01 Å². The molecule has 1 atom stereocenters. The number of rotatable bonds is 6. The van der Waals surface area contributed by atoms with E-state index in [1.54, 1.807) is 12.3 Å². The van der Waals surface area contributed by atoms with Crippen LogP contribution in [0.4, 0.5) is 9.52 Å². The fourth-order valence-electron chi connectivity index (χ4n) is 4.40. The number of hydrogen-bond acceptors (Lipinski definition) is 6. The van der Waals surface area contributed by atoms with E-state index in [9.17, 15) is 17.6 Å². The van der Waals surface area contributed by atoms with Gasteiger partial charge < -0.3 is 0 Å². The summed E-state index contributed by atoms with van der Waals surface area (Å²) in [5.41, 5.74) is 2.68. The van der Waals surface area contributed by atoms with Gasteiger partial charge in [0.15, 0.2) is 0 Å². The van der Waals surface area contributed by atoms with Gasteiger partial charge in [-0.1, -0.05) is 47.6 Å². The van der Waals surface area contributed by atoms with Crippen LogP contribution in [-0.2, 0) is 10.0 Å². The second-order valence-corrected chi connectivity index (χ2v) is 12.3. The van der Waals surface area contributed by atoms with Gasteiger partial charge in [-0.3, -0.25) is 4.79 Å². The highest BCUT2D eigenvalue weighted by Gasteiger charge is 2.31. The Labute approximate surface area is 225 Å². The summed E-state index contributed by atoms with van der Waals surface area (Å²) in [5, 5.41) is 5.87. The zero-order chi connectivity index (χ0) is 26.9. The van der Waals surface area contributed by atoms with Crippen LogP contribution in [0.5, 0.6) is 0 Å². The molecule has 10 heteroatoms. The highest BCUT2D eigenvalue weighted by atomic mass is 32.2. The molecule has 38 heavy (non-hydrogen) atoms. The van der Waals surface area contributed by atoms with Crippen LogP contribution in [0.15, 0.2) is 76.7 Å². The standard InChI is InChI=1S/C28H27FN4O3S2/c1-19-6-8-21(9-7-19)18-30-33(28-31-25-15-12-23(29)17-26(25)37-28)27(34)22-10-13-24(14-11-22)38(35,36)32-16-4-3-5-20(32)2/h6-15,17-18,20H,3-5,16H2,1-2H3/b30-18+. The fraction of sp³-hybridized carbons (Fsp3) is 0.250. The molecule has 1 fully saturated rings. The molecule has 4 aromatic rings. The van der Waals surface area contributed by atoms with Crippen molar-refractivity contribution < 1.29 is 17.6 Å². The molecular weight excluding hydrogens is 523 g/mol. The predicted molar refractivity (Wildman–Crippen MR) is 149 cm³/mol. The summed E-state index contributed by atoms with van der Waals surface area (Å²) in [5.74, 6) is -0.878. The van der Waals surface area contributed by atoms with Gasteiger partial charge in [0.2, 0.25) is 15.2 Å². The summed E-state index contributed by atoms with van der Waals surface area (Å²) in [7, 11) is -3.66. The zero-order valence-corrected chi connectivity index (χ0v) is 22.7. The minimum atomic E-state index is -3.66. The van der Waals surface area contributed by atoms with Crippen molar-refractivity contribution in [1.82, 2.24) is 9.29 Å². The number of carbonyl (C=O) groups is 1. The van der Waals surface area contributed by atoms with Crippen LogP contribution in [0, 0.1) is 12.7 Å². The van der Waals surface area contributed by atoms with Crippen LogP contribution >= 0.6 is 11.3 Å². The van der Waals surface area contributed by atoms with Gasteiger partial charge in [-0.2, -0.15) is 14.4 Å². The van der Waals surface area contributed by atoms with Gasteiger partial charge in [-0.15, -0.1) is 0 Å². The number of benzene rings is 3. The number of thiazole rings is 1. The maximum Gasteiger partial charge on any atom is 0.280 e. The molecule has 1 amide bonds. The molecule has 3 aromatic carbocycles. The molecule has 1 aromatic heterocycles. The number of hydrogen-bond donors (Lipinski definition) is 0. The smallest absolute Gasteiger partial charge is 0.267 e. The van der Waals surface area contributed by atoms with E-state index in [0.717, 1.165) is 41.7 Å². The first-order chi connectivity index (χ1) is 18.2. The maximum absolute atomic E-state index is 13.8. The number of fused-ring (bicyclic) bond motifs is 1. The normalized spacial score (nSPS) is 16.8. The number of aryl methyl sites for hydroxylation is 1. The maximum atomic E-state index is 13.8. The zero-order valence-electron chi connectivity index (χ0n) is 21.0. The van der Waals surface area contributed by atoms with Crippen molar-refractivity contribution in [2.24, 2.45) is 5.10 Å². The van der Waals surface area contributed by atoms with Crippen molar-refractivity contribution in [3.63, 3.8) is 0 Å². The van der Waals surface area contributed by atoms with Crippen molar-refractivity contribution >= 4 is 48.8 Å². The van der Waals surface area contributed by atoms with Crippen LogP contribution in [-0.4, -0.2) is 42.4 Å². The highest BCUT2D eigenvalue weighted by molar-refractivity contribution is 7.89. The fourth-order valence-corrected chi connectivity index (χ4v) is 7.04. The summed E-state index contributed by atoms with van der Waals surface area (Å²) in [6.07, 6.45) is 4.23. The summed E-state index contributed by atoms with van der Waals surface area (Å²) in [4.78, 5) is 18.3. The van der Waals surface area contributed by atoms with Crippen LogP contribution in [0.25, 0.3) is 10.2 Å². The minimum absolute atomic E-state index is 0.0643. The molecule has 0 spiro atoms. The van der Waals surface area contributed by atoms with E-state index in [-0.39, 0.29) is 21.6 Å². The van der Waals surface area contributed by atoms with E-state index in [2.05, 4.69) is 10.1 Å². The van der Waals surface area contributed by atoms with Gasteiger partial charge in [-0.25, -0.2) is 17.8 Å². The van der Waals surface area contributed by atoms with Gasteiger partial charge >= 0.3 is 0 Å². The van der Waals surface area contributed by atoms with Crippen molar-refractivity contribution in [3.8, 4) is 0 Å². The lowest BCUT2D eigenvalue weighted by molar-refractivity contribution is 0.0987. The molecule has 0 bridgehead atoms. The number of halogens is 1. The Kier molecular flexibility index (Phi) is 7.38. The van der Waals surface area contributed by atoms with Crippen molar-refractivity contribution in [2.45, 2.75) is 44.0 Å². The third-order valence-electron chi connectivity index (χ3n) is 6.56. The molecule has 196 valence electrons. The van der Waals surface area contributed by atoms with Crippen molar-refractivity contribution in [2.75, 3.05) is 11.6 Å². The quantitative estimate of drug-likeness (QED) is 0.218. The summed E-state index contributed by atoms with van der Waals surface area (Å²) >= 11 is 1.14. The molecule has 7 nitrogen and oxygen atoms in total. The summed E-state index contributed by atoms with van der Waals surface area (Å²) in [6.45, 7) is 4.39. The Morgan fingerprint density at radius 3 is 2.55 bits per heavy atom. The van der Waals surface area contributed by atoms with E-state index in [0.29, 0.717) is 16.8 Å². The molecule has 0 aliphatic carbocycles. The highest BCUT2D eigenvalue weighted by Crippen LogP contribution is 2.31. The molecule has 0 saturated carbocycles. The van der Waals surface area contributed by atoms with E-state index >= 15 is 0 Å². The number of nitrogens with zero attached hydrogens (tertiary/aromatic N) is 4. The first-order valence-corrected chi connectivity index (χ1v) is 14.6. The Morgan fingerprint density at radius 2 is 1.84 bits per heavy atom. The Balaban J connectivity index is 1.48. The third-order valence-corrected chi connectivity index (χ3v) is 9.58. The Hall–Kier alpha value is -3.47. The van der Waals surface area contributed by atoms with E-state index in [1.165, 1.54) is 45.7 Å². The van der Waals surface area contributed by atoms with Gasteiger partial charge in [0.05, 0.1) is 21.3 Å². The van der Waals surface area contributed by atoms with Crippen molar-refractivity contribution in [1.29, 1.82) is 0 Å². The number of carbonyl (C=O) groups excluding carboxylic acids is 1. The lowest BCUT2D eigenvalue weighted by Gasteiger charge is -2.32. The third kappa shape index (κ3) is 5.38. The van der Waals surface area contributed by atoms with Gasteiger partial charge in [0.25, 0.3) is 5.91 Å². The minimum Gasteiger partial charge on any atom is -0.267 e. The number of anilines is 1. The summed E-state index contributed by atoms with van der Waals surface area (Å²) in [6, 6.07) is 17.7. The second kappa shape index (κ2) is 10.7. The topological polar surface area (TPSA) is 82.9 Å². The van der Waals surface area contributed by atoms with Gasteiger partial charge in [0, 0.05) is 18.2 Å². The second-order valence-electron chi connectivity index (χ2n) is 9.37. The average Bonchev–Trinajstić information content (AvgIpc) is 3.32. The molecule has 5 rings (SSSR count). The van der Waals surface area contributed by atoms with E-state index < -0.39 is 21.7 Å². The molecule has 0 N–H and O–H groups in total. The van der Waals surface area contributed by atoms with Crippen LogP contribution in [0.1, 0.15) is 47.7 Å². The summed E-state index contributed by atoms with van der Waals surface area (Å²) < 4.78 is 42.3. The first kappa shape index (κ1) is 26.1. The SMILES string of the molecule is Cc1ccc(/C=N/N(C(=O)c2ccc(S(=O)(=O)N3CCCCC3C)cc2)c2nc3ccc(F)cc3s2)cc1.